The van der Waals surface area contributed by atoms with Gasteiger partial charge in [0, 0.05) is 6.42 Å². The van der Waals surface area contributed by atoms with Gasteiger partial charge in [-0.3, -0.25) is 9.36 Å². The minimum Gasteiger partial charge on any atom is -0.756 e. The Bertz CT molecular complexity index is 855. The van der Waals surface area contributed by atoms with Gasteiger partial charge in [0.1, 0.15) is 13.2 Å². The standard InChI is InChI=1S/C45H93N2O6P/c1-6-8-10-12-14-16-18-20-21-22-23-24-25-26-27-28-30-32-34-36-38-44(48)43(42-53-54(50,51)52-41-40-47(3,4)5)46-45(49)39-37-35-33-31-29-19-17-15-13-11-9-7-2/h43-44,48H,6-42H2,1-5H3,(H-,46,49,50,51). The summed E-state index contributed by atoms with van der Waals surface area (Å²) in [6.45, 7) is 4.74. The molecule has 0 radical (unpaired) electrons. The third kappa shape index (κ3) is 39.7. The molecule has 0 heterocycles. The van der Waals surface area contributed by atoms with Gasteiger partial charge in [0.2, 0.25) is 5.91 Å². The molecular weight excluding hydrogens is 695 g/mol. The Morgan fingerprint density at radius 1 is 0.574 bits per heavy atom. The highest BCUT2D eigenvalue weighted by Crippen LogP contribution is 2.38. The number of hydrogen-bond acceptors (Lipinski definition) is 6. The number of carbonyl (C=O) groups is 1. The summed E-state index contributed by atoms with van der Waals surface area (Å²) >= 11 is 0. The van der Waals surface area contributed by atoms with Crippen molar-refractivity contribution in [2.45, 2.75) is 244 Å². The van der Waals surface area contributed by atoms with Gasteiger partial charge in [-0.25, -0.2) is 0 Å². The van der Waals surface area contributed by atoms with Crippen LogP contribution in [-0.2, 0) is 18.4 Å². The molecule has 0 aliphatic carbocycles. The molecule has 2 N–H and O–H groups in total. The molecule has 0 spiro atoms. The van der Waals surface area contributed by atoms with Crippen molar-refractivity contribution in [1.29, 1.82) is 0 Å². The number of likely N-dealkylation sites (N-methyl/N-ethyl adjacent to an activating group) is 1. The average Bonchev–Trinajstić information content (AvgIpc) is 3.12. The van der Waals surface area contributed by atoms with Crippen LogP contribution >= 0.6 is 7.82 Å². The number of aliphatic hydroxyl groups is 1. The molecule has 0 bridgehead atoms. The summed E-state index contributed by atoms with van der Waals surface area (Å²) in [5.41, 5.74) is 0. The number of rotatable bonds is 43. The van der Waals surface area contributed by atoms with Gasteiger partial charge in [-0.15, -0.1) is 0 Å². The van der Waals surface area contributed by atoms with Gasteiger partial charge in [-0.05, 0) is 12.8 Å². The van der Waals surface area contributed by atoms with E-state index in [2.05, 4.69) is 19.2 Å². The van der Waals surface area contributed by atoms with Crippen molar-refractivity contribution in [3.05, 3.63) is 0 Å². The van der Waals surface area contributed by atoms with E-state index in [1.54, 1.807) is 0 Å². The molecule has 0 aromatic carbocycles. The number of nitrogens with one attached hydrogen (secondary N) is 1. The first-order valence-electron chi connectivity index (χ1n) is 23.4. The lowest BCUT2D eigenvalue weighted by Gasteiger charge is -2.30. The quantitative estimate of drug-likeness (QED) is 0.0362. The average molecular weight is 789 g/mol. The van der Waals surface area contributed by atoms with Gasteiger partial charge >= 0.3 is 0 Å². The Morgan fingerprint density at radius 3 is 1.26 bits per heavy atom. The molecule has 0 fully saturated rings. The first-order chi connectivity index (χ1) is 26.0. The summed E-state index contributed by atoms with van der Waals surface area (Å²) in [5, 5.41) is 13.9. The van der Waals surface area contributed by atoms with Crippen LogP contribution in [0.15, 0.2) is 0 Å². The van der Waals surface area contributed by atoms with Crippen molar-refractivity contribution >= 4 is 13.7 Å². The summed E-state index contributed by atoms with van der Waals surface area (Å²) in [5.74, 6) is -0.162. The van der Waals surface area contributed by atoms with E-state index < -0.39 is 20.0 Å². The second-order valence-corrected chi connectivity index (χ2v) is 18.9. The van der Waals surface area contributed by atoms with E-state index in [1.165, 1.54) is 167 Å². The zero-order valence-electron chi connectivity index (χ0n) is 36.7. The van der Waals surface area contributed by atoms with E-state index in [-0.39, 0.29) is 19.1 Å². The zero-order valence-corrected chi connectivity index (χ0v) is 37.6. The van der Waals surface area contributed by atoms with Crippen LogP contribution in [0, 0.1) is 0 Å². The first kappa shape index (κ1) is 53.5. The summed E-state index contributed by atoms with van der Waals surface area (Å²) < 4.78 is 23.3. The lowest BCUT2D eigenvalue weighted by atomic mass is 10.0. The molecule has 0 aliphatic rings. The predicted octanol–water partition coefficient (Wildman–Crippen LogP) is 12.3. The Kier molecular flexibility index (Phi) is 37.7. The number of nitrogens with zero attached hydrogens (tertiary/aromatic N) is 1. The van der Waals surface area contributed by atoms with Gasteiger partial charge in [0.05, 0.1) is 39.9 Å². The molecule has 1 amide bonds. The van der Waals surface area contributed by atoms with E-state index in [9.17, 15) is 19.4 Å². The number of carbonyl (C=O) groups excluding carboxylic acids is 1. The summed E-state index contributed by atoms with van der Waals surface area (Å²) in [7, 11) is 1.32. The lowest BCUT2D eigenvalue weighted by Crippen LogP contribution is -2.46. The van der Waals surface area contributed by atoms with Crippen LogP contribution in [0.1, 0.15) is 232 Å². The zero-order chi connectivity index (χ0) is 40.0. The molecule has 0 saturated heterocycles. The highest BCUT2D eigenvalue weighted by Gasteiger charge is 2.24. The molecule has 0 aromatic heterocycles. The number of amides is 1. The smallest absolute Gasteiger partial charge is 0.268 e. The highest BCUT2D eigenvalue weighted by molar-refractivity contribution is 7.45. The van der Waals surface area contributed by atoms with Crippen molar-refractivity contribution in [1.82, 2.24) is 5.32 Å². The Labute approximate surface area is 336 Å². The SMILES string of the molecule is CCCCCCCCCCCCCCCCCCCCCCC(O)C(COP(=O)([O-])OCC[N+](C)(C)C)NC(=O)CCCCCCCCCCCCCC. The normalized spacial score (nSPS) is 14.3. The number of phosphoric ester groups is 1. The number of phosphoric acid groups is 1. The van der Waals surface area contributed by atoms with Crippen LogP contribution in [-0.4, -0.2) is 68.5 Å². The van der Waals surface area contributed by atoms with E-state index >= 15 is 0 Å². The monoisotopic (exact) mass is 789 g/mol. The molecule has 9 heteroatoms. The summed E-state index contributed by atoms with van der Waals surface area (Å²) in [4.78, 5) is 25.3. The highest BCUT2D eigenvalue weighted by atomic mass is 31.2. The fourth-order valence-corrected chi connectivity index (χ4v) is 7.82. The molecule has 0 rings (SSSR count). The molecule has 0 saturated carbocycles. The van der Waals surface area contributed by atoms with E-state index in [4.69, 9.17) is 9.05 Å². The van der Waals surface area contributed by atoms with Crippen molar-refractivity contribution in [2.75, 3.05) is 40.9 Å². The molecule has 324 valence electrons. The Hall–Kier alpha value is -0.500. The molecule has 54 heavy (non-hydrogen) atoms. The van der Waals surface area contributed by atoms with Gasteiger partial charge in [0.15, 0.2) is 0 Å². The molecule has 0 aromatic rings. The van der Waals surface area contributed by atoms with Gasteiger partial charge in [0.25, 0.3) is 7.82 Å². The topological polar surface area (TPSA) is 108 Å². The third-order valence-electron chi connectivity index (χ3n) is 10.8. The van der Waals surface area contributed by atoms with Gasteiger partial charge in [-0.1, -0.05) is 213 Å². The van der Waals surface area contributed by atoms with Crippen LogP contribution in [0.25, 0.3) is 0 Å². The van der Waals surface area contributed by atoms with Crippen LogP contribution < -0.4 is 10.2 Å². The number of hydrogen-bond donors (Lipinski definition) is 2. The van der Waals surface area contributed by atoms with Crippen LogP contribution in [0.3, 0.4) is 0 Å². The Balaban J connectivity index is 4.25. The lowest BCUT2D eigenvalue weighted by molar-refractivity contribution is -0.870. The molecule has 3 unspecified atom stereocenters. The maximum absolute atomic E-state index is 12.8. The molecular formula is C45H93N2O6P. The molecule has 8 nitrogen and oxygen atoms in total. The van der Waals surface area contributed by atoms with Crippen molar-refractivity contribution < 1.29 is 32.9 Å². The van der Waals surface area contributed by atoms with E-state index in [1.807, 2.05) is 21.1 Å². The molecule has 0 aliphatic heterocycles. The van der Waals surface area contributed by atoms with Crippen LogP contribution in [0.4, 0.5) is 0 Å². The first-order valence-corrected chi connectivity index (χ1v) is 24.8. The number of quaternary nitrogens is 1. The van der Waals surface area contributed by atoms with Gasteiger partial charge in [-0.2, -0.15) is 0 Å². The summed E-state index contributed by atoms with van der Waals surface area (Å²) in [6, 6.07) is -0.792. The van der Waals surface area contributed by atoms with Crippen LogP contribution in [0.5, 0.6) is 0 Å². The van der Waals surface area contributed by atoms with Crippen molar-refractivity contribution in [3.63, 3.8) is 0 Å². The molecule has 3 atom stereocenters. The fraction of sp³-hybridized carbons (Fsp3) is 0.978. The predicted molar refractivity (Wildman–Crippen MR) is 229 cm³/mol. The fourth-order valence-electron chi connectivity index (χ4n) is 7.10. The maximum Gasteiger partial charge on any atom is 0.268 e. The second-order valence-electron chi connectivity index (χ2n) is 17.5. The number of unbranched alkanes of at least 4 members (excludes halogenated alkanes) is 30. The minimum absolute atomic E-state index is 0.0161. The van der Waals surface area contributed by atoms with Crippen molar-refractivity contribution in [2.24, 2.45) is 0 Å². The largest absolute Gasteiger partial charge is 0.756 e. The Morgan fingerprint density at radius 2 is 0.907 bits per heavy atom. The van der Waals surface area contributed by atoms with Crippen molar-refractivity contribution in [3.8, 4) is 0 Å². The van der Waals surface area contributed by atoms with Gasteiger partial charge < -0.3 is 28.8 Å². The second kappa shape index (κ2) is 38.0. The van der Waals surface area contributed by atoms with E-state index in [0.717, 1.165) is 38.5 Å². The number of aliphatic hydroxyl groups excluding tert-OH is 1. The van der Waals surface area contributed by atoms with Crippen LogP contribution in [0.2, 0.25) is 0 Å². The van der Waals surface area contributed by atoms with E-state index in [0.29, 0.717) is 23.9 Å². The minimum atomic E-state index is -4.56. The maximum atomic E-state index is 12.8. The third-order valence-corrected chi connectivity index (χ3v) is 11.8. The summed E-state index contributed by atoms with van der Waals surface area (Å²) in [6.07, 6.45) is 41.0.